The van der Waals surface area contributed by atoms with Gasteiger partial charge in [0.05, 0.1) is 5.71 Å². The minimum Gasteiger partial charge on any atom is -0.480 e. The molecule has 2 aromatic rings. The van der Waals surface area contributed by atoms with Crippen LogP contribution in [0.3, 0.4) is 0 Å². The van der Waals surface area contributed by atoms with Gasteiger partial charge in [-0.25, -0.2) is 4.98 Å². The van der Waals surface area contributed by atoms with Crippen LogP contribution in [0.15, 0.2) is 48.2 Å². The van der Waals surface area contributed by atoms with Crippen LogP contribution in [0.25, 0.3) is 0 Å². The Morgan fingerprint density at radius 2 is 1.94 bits per heavy atom. The molecule has 9 nitrogen and oxygen atoms in total. The number of nitro groups is 1. The van der Waals surface area contributed by atoms with E-state index in [9.17, 15) is 29.9 Å². The van der Waals surface area contributed by atoms with Gasteiger partial charge in [0.1, 0.15) is 0 Å². The molecule has 0 radical (unpaired) electrons. The predicted molar refractivity (Wildman–Crippen MR) is 113 cm³/mol. The highest BCUT2D eigenvalue weighted by molar-refractivity contribution is 7.15. The molecule has 1 aromatic heterocycles. The van der Waals surface area contributed by atoms with E-state index < -0.39 is 39.4 Å². The molecule has 3 atom stereocenters. The van der Waals surface area contributed by atoms with Gasteiger partial charge >= 0.3 is 11.9 Å². The molecular weight excluding hydrogens is 446 g/mol. The summed E-state index contributed by atoms with van der Waals surface area (Å²) >= 11 is 6.81. The van der Waals surface area contributed by atoms with E-state index in [0.29, 0.717) is 10.4 Å². The summed E-state index contributed by atoms with van der Waals surface area (Å²) in [5.41, 5.74) is -4.24. The first kappa shape index (κ1) is 22.6. The second kappa shape index (κ2) is 8.20. The molecule has 3 unspecified atom stereocenters. The van der Waals surface area contributed by atoms with E-state index in [2.05, 4.69) is 4.98 Å². The average Bonchev–Trinajstić information content (AvgIpc) is 3.10. The largest absolute Gasteiger partial charge is 0.480 e. The molecule has 0 saturated carbocycles. The molecule has 0 bridgehead atoms. The second-order valence-electron chi connectivity index (χ2n) is 7.50. The number of benzene rings is 1. The first-order chi connectivity index (χ1) is 14.5. The summed E-state index contributed by atoms with van der Waals surface area (Å²) in [6.45, 7) is 1.04. The fourth-order valence-corrected chi connectivity index (χ4v) is 5.17. The number of carboxylic acids is 2. The van der Waals surface area contributed by atoms with Crippen molar-refractivity contribution in [3.63, 3.8) is 0 Å². The van der Waals surface area contributed by atoms with Crippen LogP contribution in [0, 0.1) is 26.4 Å². The van der Waals surface area contributed by atoms with Crippen molar-refractivity contribution in [2.45, 2.75) is 25.8 Å². The van der Waals surface area contributed by atoms with Crippen molar-refractivity contribution in [1.82, 2.24) is 4.98 Å². The molecule has 0 fully saturated rings. The number of nitrogens with one attached hydrogen (secondary N) is 1. The summed E-state index contributed by atoms with van der Waals surface area (Å²) in [6, 6.07) is 6.66. The molecule has 0 saturated heterocycles. The monoisotopic (exact) mass is 463 g/mol. The van der Waals surface area contributed by atoms with Gasteiger partial charge in [-0.2, -0.15) is 0 Å². The first-order valence-electron chi connectivity index (χ1n) is 9.08. The Balaban J connectivity index is 2.28. The van der Waals surface area contributed by atoms with Crippen LogP contribution in [0.4, 0.5) is 0 Å². The molecule has 1 aromatic carbocycles. The molecule has 0 aliphatic heterocycles. The van der Waals surface area contributed by atoms with Gasteiger partial charge in [0.25, 0.3) is 6.04 Å². The van der Waals surface area contributed by atoms with E-state index in [1.54, 1.807) is 30.3 Å². The van der Waals surface area contributed by atoms with Crippen molar-refractivity contribution in [2.24, 2.45) is 10.8 Å². The number of thiazole rings is 1. The number of halogens is 1. The maximum Gasteiger partial charge on any atom is 0.322 e. The maximum absolute atomic E-state index is 12.6. The smallest absolute Gasteiger partial charge is 0.322 e. The van der Waals surface area contributed by atoms with Crippen LogP contribution >= 0.6 is 22.9 Å². The lowest BCUT2D eigenvalue weighted by molar-refractivity contribution is -0.548. The van der Waals surface area contributed by atoms with Crippen LogP contribution in [0.2, 0.25) is 4.47 Å². The molecule has 1 heterocycles. The van der Waals surface area contributed by atoms with Gasteiger partial charge < -0.3 is 15.6 Å². The molecule has 3 N–H and O–H groups in total. The standard InChI is InChI=1S/C20H18ClN3O6S/c1-19(16(25)26)14(22)12(7-11-5-3-2-4-6-11)8-20(17(27)28,15(19)24(29)30)9-13-10-23-18(21)31-13/h2-6,8,10,15,22H,7,9H2,1H3,(H,25,26)(H,27,28). The van der Waals surface area contributed by atoms with Gasteiger partial charge in [-0.1, -0.05) is 48.0 Å². The summed E-state index contributed by atoms with van der Waals surface area (Å²) in [5, 5.41) is 40.8. The van der Waals surface area contributed by atoms with Crippen molar-refractivity contribution >= 4 is 40.6 Å². The Morgan fingerprint density at radius 1 is 1.29 bits per heavy atom. The molecule has 0 amide bonds. The van der Waals surface area contributed by atoms with Crippen LogP contribution in [-0.2, 0) is 22.4 Å². The number of nitrogens with zero attached hydrogens (tertiary/aromatic N) is 2. The number of carbonyl (C=O) groups is 2. The molecule has 3 rings (SSSR count). The Labute approximate surface area is 185 Å². The predicted octanol–water partition coefficient (Wildman–Crippen LogP) is 3.35. The summed E-state index contributed by atoms with van der Waals surface area (Å²) in [6.07, 6.45) is 2.17. The second-order valence-corrected chi connectivity index (χ2v) is 9.20. The zero-order valence-corrected chi connectivity index (χ0v) is 17.8. The molecule has 162 valence electrons. The minimum atomic E-state index is -2.37. The fraction of sp³-hybridized carbons (Fsp3) is 0.300. The highest BCUT2D eigenvalue weighted by atomic mass is 35.5. The van der Waals surface area contributed by atoms with E-state index in [4.69, 9.17) is 17.0 Å². The quantitative estimate of drug-likeness (QED) is 0.420. The number of carboxylic acid groups (broad SMARTS) is 2. The van der Waals surface area contributed by atoms with Gasteiger partial charge in [0, 0.05) is 22.4 Å². The van der Waals surface area contributed by atoms with Gasteiger partial charge in [0.15, 0.2) is 15.3 Å². The zero-order valence-electron chi connectivity index (χ0n) is 16.2. The third-order valence-corrected chi connectivity index (χ3v) is 6.70. The van der Waals surface area contributed by atoms with E-state index in [1.165, 1.54) is 12.3 Å². The van der Waals surface area contributed by atoms with Crippen LogP contribution < -0.4 is 0 Å². The van der Waals surface area contributed by atoms with Crippen molar-refractivity contribution < 1.29 is 24.7 Å². The third kappa shape index (κ3) is 3.84. The Bertz CT molecular complexity index is 1100. The summed E-state index contributed by atoms with van der Waals surface area (Å²) in [5.74, 6) is -3.19. The van der Waals surface area contributed by atoms with Gasteiger partial charge in [-0.15, -0.1) is 11.3 Å². The van der Waals surface area contributed by atoms with Crippen molar-refractivity contribution in [3.05, 3.63) is 73.2 Å². The van der Waals surface area contributed by atoms with E-state index in [0.717, 1.165) is 18.3 Å². The number of aliphatic carboxylic acids is 2. The number of hydrogen-bond acceptors (Lipinski definition) is 7. The SMILES string of the molecule is CC1(C(=O)O)C(=N)C(Cc2ccccc2)=CC(Cc2cnc(Cl)s2)(C(=O)O)C1[N+](=O)[O-]. The molecular formula is C20H18ClN3O6S. The molecule has 0 spiro atoms. The first-order valence-corrected chi connectivity index (χ1v) is 10.3. The Kier molecular flexibility index (Phi) is 5.97. The fourth-order valence-electron chi connectivity index (χ4n) is 4.08. The topological polar surface area (TPSA) is 154 Å². The normalized spacial score (nSPS) is 25.7. The van der Waals surface area contributed by atoms with Crippen LogP contribution in [-0.4, -0.2) is 43.8 Å². The summed E-state index contributed by atoms with van der Waals surface area (Å²) in [4.78, 5) is 40.2. The summed E-state index contributed by atoms with van der Waals surface area (Å²) < 4.78 is 0.131. The minimum absolute atomic E-state index is 0.0610. The number of aromatic nitrogens is 1. The third-order valence-electron chi connectivity index (χ3n) is 5.59. The lowest BCUT2D eigenvalue weighted by atomic mass is 9.57. The highest BCUT2D eigenvalue weighted by Crippen LogP contribution is 2.48. The number of hydrogen-bond donors (Lipinski definition) is 3. The van der Waals surface area contributed by atoms with E-state index >= 15 is 0 Å². The number of rotatable bonds is 7. The van der Waals surface area contributed by atoms with Crippen molar-refractivity contribution in [2.75, 3.05) is 0 Å². The average molecular weight is 464 g/mol. The lowest BCUT2D eigenvalue weighted by Gasteiger charge is -2.42. The highest BCUT2D eigenvalue weighted by Gasteiger charge is 2.68. The summed E-state index contributed by atoms with van der Waals surface area (Å²) in [7, 11) is 0. The van der Waals surface area contributed by atoms with Crippen LogP contribution in [0.1, 0.15) is 17.4 Å². The molecule has 1 aliphatic carbocycles. The maximum atomic E-state index is 12.6. The van der Waals surface area contributed by atoms with Crippen molar-refractivity contribution in [3.8, 4) is 0 Å². The van der Waals surface area contributed by atoms with E-state index in [-0.39, 0.29) is 22.9 Å². The Morgan fingerprint density at radius 3 is 2.42 bits per heavy atom. The molecule has 31 heavy (non-hydrogen) atoms. The van der Waals surface area contributed by atoms with E-state index in [1.807, 2.05) is 0 Å². The zero-order chi connectivity index (χ0) is 23.0. The molecule has 1 aliphatic rings. The van der Waals surface area contributed by atoms with Crippen molar-refractivity contribution in [1.29, 1.82) is 5.41 Å². The number of allylic oxidation sites excluding steroid dienone is 1. The van der Waals surface area contributed by atoms with Gasteiger partial charge in [-0.3, -0.25) is 19.7 Å². The van der Waals surface area contributed by atoms with Crippen LogP contribution in [0.5, 0.6) is 0 Å². The lowest BCUT2D eigenvalue weighted by Crippen LogP contribution is -2.63. The molecule has 11 heteroatoms. The van der Waals surface area contributed by atoms with Gasteiger partial charge in [0.2, 0.25) is 0 Å². The Hall–Kier alpha value is -3.11. The van der Waals surface area contributed by atoms with Gasteiger partial charge in [-0.05, 0) is 24.5 Å².